The molecule has 1 aliphatic rings. The topological polar surface area (TPSA) is 27.1 Å². The maximum Gasteiger partial charge on any atom is 0.127 e. The van der Waals surface area contributed by atoms with Gasteiger partial charge in [-0.25, -0.2) is 4.98 Å². The van der Waals surface area contributed by atoms with Crippen LogP contribution < -0.4 is 0 Å². The van der Waals surface area contributed by atoms with Gasteiger partial charge < -0.3 is 9.30 Å². The number of halogens is 1. The van der Waals surface area contributed by atoms with Crippen LogP contribution in [0, 0.1) is 6.92 Å². The molecule has 0 bridgehead atoms. The molecule has 0 radical (unpaired) electrons. The molecule has 3 nitrogen and oxygen atoms in total. The van der Waals surface area contributed by atoms with E-state index in [2.05, 4.69) is 29.7 Å². The quantitative estimate of drug-likeness (QED) is 0.789. The zero-order valence-electron chi connectivity index (χ0n) is 12.3. The third-order valence-electron chi connectivity index (χ3n) is 4.43. The highest BCUT2D eigenvalue weighted by molar-refractivity contribution is 6.20. The molecule has 0 spiro atoms. The predicted molar refractivity (Wildman–Crippen MR) is 82.3 cm³/mol. The van der Waals surface area contributed by atoms with E-state index in [0.717, 1.165) is 36.2 Å². The molecule has 108 valence electrons. The number of alkyl halides is 1. The van der Waals surface area contributed by atoms with Crippen molar-refractivity contribution in [3.05, 3.63) is 29.6 Å². The Bertz CT molecular complexity index is 623. The first-order valence-electron chi connectivity index (χ1n) is 7.21. The predicted octanol–water partition coefficient (Wildman–Crippen LogP) is 4.21. The fourth-order valence-electron chi connectivity index (χ4n) is 3.01. The Balaban J connectivity index is 2.10. The maximum atomic E-state index is 6.33. The summed E-state index contributed by atoms with van der Waals surface area (Å²) in [7, 11) is 1.81. The van der Waals surface area contributed by atoms with E-state index in [9.17, 15) is 0 Å². The molecule has 1 unspecified atom stereocenters. The molecule has 20 heavy (non-hydrogen) atoms. The van der Waals surface area contributed by atoms with Crippen molar-refractivity contribution >= 4 is 22.6 Å². The lowest BCUT2D eigenvalue weighted by molar-refractivity contribution is -0.0832. The van der Waals surface area contributed by atoms with Crippen LogP contribution in [-0.4, -0.2) is 22.3 Å². The van der Waals surface area contributed by atoms with Gasteiger partial charge in [0.05, 0.1) is 28.6 Å². The number of hydrogen-bond donors (Lipinski definition) is 0. The SMILES string of the molecule is COC1(Cn2c(C(C)Cl)nc3ccc(C)cc32)CCC1. The van der Waals surface area contributed by atoms with Crippen LogP contribution in [0.3, 0.4) is 0 Å². The summed E-state index contributed by atoms with van der Waals surface area (Å²) >= 11 is 6.33. The normalized spacial score (nSPS) is 19.0. The lowest BCUT2D eigenvalue weighted by Gasteiger charge is -2.41. The minimum absolute atomic E-state index is 0.0299. The van der Waals surface area contributed by atoms with E-state index >= 15 is 0 Å². The minimum atomic E-state index is -0.100. The fourth-order valence-corrected chi connectivity index (χ4v) is 3.17. The van der Waals surface area contributed by atoms with E-state index < -0.39 is 0 Å². The van der Waals surface area contributed by atoms with Crippen molar-refractivity contribution in [3.63, 3.8) is 0 Å². The number of aryl methyl sites for hydroxylation is 1. The molecule has 0 saturated heterocycles. The van der Waals surface area contributed by atoms with E-state index in [4.69, 9.17) is 21.3 Å². The third kappa shape index (κ3) is 2.23. The van der Waals surface area contributed by atoms with Crippen molar-refractivity contribution in [3.8, 4) is 0 Å². The second kappa shape index (κ2) is 5.05. The lowest BCUT2D eigenvalue weighted by atomic mass is 9.80. The number of nitrogens with zero attached hydrogens (tertiary/aromatic N) is 2. The second-order valence-corrected chi connectivity index (χ2v) is 6.56. The molecule has 1 aliphatic carbocycles. The Morgan fingerprint density at radius 2 is 2.20 bits per heavy atom. The number of methoxy groups -OCH3 is 1. The molecule has 1 atom stereocenters. The largest absolute Gasteiger partial charge is 0.376 e. The first-order chi connectivity index (χ1) is 9.54. The smallest absolute Gasteiger partial charge is 0.127 e. The van der Waals surface area contributed by atoms with Crippen LogP contribution in [0.5, 0.6) is 0 Å². The summed E-state index contributed by atoms with van der Waals surface area (Å²) in [5.74, 6) is 0.940. The molecular formula is C16H21ClN2O. The van der Waals surface area contributed by atoms with E-state index in [0.29, 0.717) is 0 Å². The summed E-state index contributed by atoms with van der Waals surface area (Å²) in [5.41, 5.74) is 3.39. The molecule has 3 rings (SSSR count). The van der Waals surface area contributed by atoms with Crippen molar-refractivity contribution in [1.82, 2.24) is 9.55 Å². The van der Waals surface area contributed by atoms with E-state index in [1.54, 1.807) is 0 Å². The highest BCUT2D eigenvalue weighted by Crippen LogP contribution is 2.38. The van der Waals surface area contributed by atoms with Gasteiger partial charge in [-0.2, -0.15) is 0 Å². The summed E-state index contributed by atoms with van der Waals surface area (Å²) in [5, 5.41) is -0.100. The molecule has 1 fully saturated rings. The van der Waals surface area contributed by atoms with Crippen LogP contribution in [0.15, 0.2) is 18.2 Å². The van der Waals surface area contributed by atoms with E-state index in [1.165, 1.54) is 12.0 Å². The summed E-state index contributed by atoms with van der Waals surface area (Å²) in [6.07, 6.45) is 3.47. The first kappa shape index (κ1) is 13.9. The highest BCUT2D eigenvalue weighted by Gasteiger charge is 2.38. The van der Waals surface area contributed by atoms with Gasteiger partial charge in [-0.3, -0.25) is 0 Å². The van der Waals surface area contributed by atoms with Crippen LogP contribution in [0.4, 0.5) is 0 Å². The maximum absolute atomic E-state index is 6.33. The van der Waals surface area contributed by atoms with Gasteiger partial charge in [-0.15, -0.1) is 11.6 Å². The summed E-state index contributed by atoms with van der Waals surface area (Å²) in [4.78, 5) is 4.71. The van der Waals surface area contributed by atoms with E-state index in [1.807, 2.05) is 14.0 Å². The number of rotatable bonds is 4. The Hall–Kier alpha value is -1.06. The number of benzene rings is 1. The Morgan fingerprint density at radius 1 is 1.45 bits per heavy atom. The first-order valence-corrected chi connectivity index (χ1v) is 7.64. The summed E-state index contributed by atoms with van der Waals surface area (Å²) in [6.45, 7) is 4.93. The molecule has 0 aliphatic heterocycles. The Morgan fingerprint density at radius 3 is 2.75 bits per heavy atom. The Labute approximate surface area is 124 Å². The molecule has 1 aromatic heterocycles. The monoisotopic (exact) mass is 292 g/mol. The van der Waals surface area contributed by atoms with Crippen molar-refractivity contribution in [2.45, 2.75) is 50.6 Å². The molecule has 2 aromatic rings. The Kier molecular flexibility index (Phi) is 3.51. The van der Waals surface area contributed by atoms with Gasteiger partial charge in [0.2, 0.25) is 0 Å². The average Bonchev–Trinajstić information content (AvgIpc) is 2.72. The van der Waals surface area contributed by atoms with Crippen LogP contribution >= 0.6 is 11.6 Å². The molecule has 4 heteroatoms. The van der Waals surface area contributed by atoms with E-state index in [-0.39, 0.29) is 11.0 Å². The molecule has 1 heterocycles. The minimum Gasteiger partial charge on any atom is -0.376 e. The third-order valence-corrected chi connectivity index (χ3v) is 4.63. The fraction of sp³-hybridized carbons (Fsp3) is 0.562. The number of fused-ring (bicyclic) bond motifs is 1. The van der Waals surface area contributed by atoms with Gasteiger partial charge in [0, 0.05) is 7.11 Å². The van der Waals surface area contributed by atoms with Gasteiger partial charge >= 0.3 is 0 Å². The van der Waals surface area contributed by atoms with Crippen LogP contribution in [-0.2, 0) is 11.3 Å². The number of ether oxygens (including phenoxy) is 1. The zero-order chi connectivity index (χ0) is 14.3. The van der Waals surface area contributed by atoms with Crippen molar-refractivity contribution in [2.75, 3.05) is 7.11 Å². The van der Waals surface area contributed by atoms with Crippen LogP contribution in [0.2, 0.25) is 0 Å². The van der Waals surface area contributed by atoms with Gasteiger partial charge in [0.25, 0.3) is 0 Å². The van der Waals surface area contributed by atoms with Crippen LogP contribution in [0.25, 0.3) is 11.0 Å². The highest BCUT2D eigenvalue weighted by atomic mass is 35.5. The molecule has 1 saturated carbocycles. The zero-order valence-corrected chi connectivity index (χ0v) is 13.1. The van der Waals surface area contributed by atoms with Gasteiger partial charge in [-0.05, 0) is 50.8 Å². The van der Waals surface area contributed by atoms with Crippen LogP contribution in [0.1, 0.15) is 43.0 Å². The number of hydrogen-bond acceptors (Lipinski definition) is 2. The second-order valence-electron chi connectivity index (χ2n) is 5.91. The molecule has 0 amide bonds. The summed E-state index contributed by atoms with van der Waals surface area (Å²) in [6, 6.07) is 6.36. The number of aromatic nitrogens is 2. The average molecular weight is 293 g/mol. The van der Waals surface area contributed by atoms with Gasteiger partial charge in [0.1, 0.15) is 5.82 Å². The summed E-state index contributed by atoms with van der Waals surface area (Å²) < 4.78 is 8.02. The molecule has 1 aromatic carbocycles. The number of imidazole rings is 1. The van der Waals surface area contributed by atoms with Crippen molar-refractivity contribution < 1.29 is 4.74 Å². The lowest BCUT2D eigenvalue weighted by Crippen LogP contribution is -2.43. The van der Waals surface area contributed by atoms with Crippen molar-refractivity contribution in [1.29, 1.82) is 0 Å². The molecule has 0 N–H and O–H groups in total. The van der Waals surface area contributed by atoms with Crippen molar-refractivity contribution in [2.24, 2.45) is 0 Å². The standard InChI is InChI=1S/C16H21ClN2O/c1-11-5-6-13-14(9-11)19(15(18-13)12(2)17)10-16(20-3)7-4-8-16/h5-6,9,12H,4,7-8,10H2,1-3H3. The van der Waals surface area contributed by atoms with Gasteiger partial charge in [-0.1, -0.05) is 6.07 Å². The van der Waals surface area contributed by atoms with Gasteiger partial charge in [0.15, 0.2) is 0 Å². The molecular weight excluding hydrogens is 272 g/mol.